The van der Waals surface area contributed by atoms with Gasteiger partial charge >= 0.3 is 5.97 Å². The van der Waals surface area contributed by atoms with E-state index in [-0.39, 0.29) is 11.9 Å². The van der Waals surface area contributed by atoms with Gasteiger partial charge in [0.25, 0.3) is 0 Å². The molecule has 0 bridgehead atoms. The zero-order valence-electron chi connectivity index (χ0n) is 9.00. The second-order valence-corrected chi connectivity index (χ2v) is 4.07. The first kappa shape index (κ1) is 11.5. The van der Waals surface area contributed by atoms with Crippen LogP contribution in [-0.2, 0) is 9.53 Å². The summed E-state index contributed by atoms with van der Waals surface area (Å²) in [6.45, 7) is 2.72. The molecule has 1 aliphatic rings. The summed E-state index contributed by atoms with van der Waals surface area (Å²) in [6.07, 6.45) is 6.07. The van der Waals surface area contributed by atoms with Crippen LogP contribution in [0.5, 0.6) is 0 Å². The molecule has 1 fully saturated rings. The highest BCUT2D eigenvalue weighted by atomic mass is 16.5. The minimum atomic E-state index is -0.109. The van der Waals surface area contributed by atoms with E-state index in [0.29, 0.717) is 19.1 Å². The lowest BCUT2D eigenvalue weighted by Gasteiger charge is -2.17. The van der Waals surface area contributed by atoms with E-state index in [1.165, 1.54) is 25.7 Å². The Morgan fingerprint density at radius 2 is 2.14 bits per heavy atom. The number of rotatable bonds is 5. The van der Waals surface area contributed by atoms with Crippen molar-refractivity contribution in [1.82, 2.24) is 0 Å². The van der Waals surface area contributed by atoms with E-state index in [4.69, 9.17) is 10.5 Å². The predicted molar refractivity (Wildman–Crippen MR) is 55.8 cm³/mol. The van der Waals surface area contributed by atoms with Gasteiger partial charge in [-0.15, -0.1) is 0 Å². The van der Waals surface area contributed by atoms with Crippen LogP contribution in [0.15, 0.2) is 0 Å². The van der Waals surface area contributed by atoms with E-state index in [9.17, 15) is 4.79 Å². The molecular weight excluding hydrogens is 178 g/mol. The summed E-state index contributed by atoms with van der Waals surface area (Å²) in [5.41, 5.74) is 5.58. The van der Waals surface area contributed by atoms with Crippen molar-refractivity contribution >= 4 is 5.97 Å². The number of esters is 1. The molecule has 0 aromatic carbocycles. The normalized spacial score (nSPS) is 19.6. The Hall–Kier alpha value is -0.570. The minimum absolute atomic E-state index is 0.0713. The summed E-state index contributed by atoms with van der Waals surface area (Å²) < 4.78 is 4.99. The van der Waals surface area contributed by atoms with Gasteiger partial charge in [0.05, 0.1) is 12.5 Å². The van der Waals surface area contributed by atoms with Crippen LogP contribution in [0.1, 0.15) is 39.0 Å². The molecule has 0 aliphatic heterocycles. The Labute approximate surface area is 86.0 Å². The number of hydrogen-bond acceptors (Lipinski definition) is 3. The molecule has 1 aliphatic carbocycles. The summed E-state index contributed by atoms with van der Waals surface area (Å²) in [5, 5.41) is 0. The number of carbonyl (C=O) groups excluding carboxylic acids is 1. The van der Waals surface area contributed by atoms with Crippen molar-refractivity contribution in [3.63, 3.8) is 0 Å². The Morgan fingerprint density at radius 1 is 1.50 bits per heavy atom. The van der Waals surface area contributed by atoms with Crippen LogP contribution < -0.4 is 5.73 Å². The fourth-order valence-electron chi connectivity index (χ4n) is 2.20. The summed E-state index contributed by atoms with van der Waals surface area (Å²) >= 11 is 0. The fraction of sp³-hybridized carbons (Fsp3) is 0.909. The van der Waals surface area contributed by atoms with Crippen molar-refractivity contribution < 1.29 is 9.53 Å². The average Bonchev–Trinajstić information content (AvgIpc) is 2.66. The molecule has 3 nitrogen and oxygen atoms in total. The van der Waals surface area contributed by atoms with Crippen molar-refractivity contribution in [2.45, 2.75) is 39.0 Å². The molecule has 0 amide bonds. The van der Waals surface area contributed by atoms with Crippen LogP contribution in [0.4, 0.5) is 0 Å². The van der Waals surface area contributed by atoms with E-state index in [1.54, 1.807) is 0 Å². The molecule has 0 spiro atoms. The van der Waals surface area contributed by atoms with Crippen LogP contribution in [0.3, 0.4) is 0 Å². The first-order valence-corrected chi connectivity index (χ1v) is 5.64. The van der Waals surface area contributed by atoms with Gasteiger partial charge in [0, 0.05) is 6.54 Å². The highest BCUT2D eigenvalue weighted by Gasteiger charge is 2.24. The monoisotopic (exact) mass is 199 g/mol. The first-order valence-electron chi connectivity index (χ1n) is 5.64. The summed E-state index contributed by atoms with van der Waals surface area (Å²) in [7, 11) is 0. The fourth-order valence-corrected chi connectivity index (χ4v) is 2.20. The van der Waals surface area contributed by atoms with Crippen molar-refractivity contribution in [2.75, 3.05) is 13.2 Å². The zero-order chi connectivity index (χ0) is 10.4. The second kappa shape index (κ2) is 6.02. The van der Waals surface area contributed by atoms with E-state index >= 15 is 0 Å². The smallest absolute Gasteiger partial charge is 0.310 e. The Kier molecular flexibility index (Phi) is 4.94. The largest absolute Gasteiger partial charge is 0.466 e. The molecule has 14 heavy (non-hydrogen) atoms. The molecule has 1 atom stereocenters. The molecule has 0 saturated heterocycles. The van der Waals surface area contributed by atoms with Gasteiger partial charge in [0.2, 0.25) is 0 Å². The lowest BCUT2D eigenvalue weighted by atomic mass is 9.93. The van der Waals surface area contributed by atoms with Gasteiger partial charge in [-0.25, -0.2) is 0 Å². The summed E-state index contributed by atoms with van der Waals surface area (Å²) in [4.78, 5) is 11.5. The molecule has 1 rings (SSSR count). The molecule has 2 N–H and O–H groups in total. The molecule has 1 saturated carbocycles. The molecular formula is C11H21NO2. The minimum Gasteiger partial charge on any atom is -0.466 e. The Bertz CT molecular complexity index is 176. The number of hydrogen-bond donors (Lipinski definition) is 1. The lowest BCUT2D eigenvalue weighted by molar-refractivity contribution is -0.148. The molecule has 0 heterocycles. The standard InChI is InChI=1S/C11H21NO2/c1-2-14-11(13)10(8-12)7-9-5-3-4-6-9/h9-10H,2-8,12H2,1H3. The Morgan fingerprint density at radius 3 is 2.64 bits per heavy atom. The summed E-state index contributed by atoms with van der Waals surface area (Å²) in [6, 6.07) is 0. The third-order valence-corrected chi connectivity index (χ3v) is 3.00. The van der Waals surface area contributed by atoms with E-state index in [2.05, 4.69) is 0 Å². The molecule has 0 aromatic rings. The molecule has 3 heteroatoms. The van der Waals surface area contributed by atoms with Gasteiger partial charge in [0.1, 0.15) is 0 Å². The van der Waals surface area contributed by atoms with Crippen molar-refractivity contribution in [2.24, 2.45) is 17.6 Å². The highest BCUT2D eigenvalue weighted by Crippen LogP contribution is 2.30. The maximum atomic E-state index is 11.5. The maximum absolute atomic E-state index is 11.5. The Balaban J connectivity index is 2.33. The van der Waals surface area contributed by atoms with Gasteiger partial charge in [0.15, 0.2) is 0 Å². The van der Waals surface area contributed by atoms with Gasteiger partial charge < -0.3 is 10.5 Å². The number of carbonyl (C=O) groups is 1. The van der Waals surface area contributed by atoms with Crippen molar-refractivity contribution in [3.05, 3.63) is 0 Å². The third-order valence-electron chi connectivity index (χ3n) is 3.00. The highest BCUT2D eigenvalue weighted by molar-refractivity contribution is 5.72. The van der Waals surface area contributed by atoms with Crippen molar-refractivity contribution in [3.8, 4) is 0 Å². The quantitative estimate of drug-likeness (QED) is 0.686. The molecule has 0 radical (unpaired) electrons. The molecule has 82 valence electrons. The van der Waals surface area contributed by atoms with Gasteiger partial charge in [-0.1, -0.05) is 25.7 Å². The summed E-state index contributed by atoms with van der Waals surface area (Å²) in [5.74, 6) is 0.521. The predicted octanol–water partition coefficient (Wildman–Crippen LogP) is 1.70. The van der Waals surface area contributed by atoms with E-state index in [0.717, 1.165) is 6.42 Å². The van der Waals surface area contributed by atoms with Crippen LogP contribution in [0.2, 0.25) is 0 Å². The van der Waals surface area contributed by atoms with E-state index in [1.807, 2.05) is 6.92 Å². The SMILES string of the molecule is CCOC(=O)C(CN)CC1CCCC1. The van der Waals surface area contributed by atoms with E-state index < -0.39 is 0 Å². The second-order valence-electron chi connectivity index (χ2n) is 4.07. The topological polar surface area (TPSA) is 52.3 Å². The van der Waals surface area contributed by atoms with Gasteiger partial charge in [-0.3, -0.25) is 4.79 Å². The lowest BCUT2D eigenvalue weighted by Crippen LogP contribution is -2.27. The molecule has 0 aromatic heterocycles. The van der Waals surface area contributed by atoms with Crippen molar-refractivity contribution in [1.29, 1.82) is 0 Å². The van der Waals surface area contributed by atoms with Crippen LogP contribution in [-0.4, -0.2) is 19.1 Å². The number of ether oxygens (including phenoxy) is 1. The van der Waals surface area contributed by atoms with Crippen LogP contribution in [0.25, 0.3) is 0 Å². The zero-order valence-corrected chi connectivity index (χ0v) is 9.00. The third kappa shape index (κ3) is 3.29. The van der Waals surface area contributed by atoms with Crippen LogP contribution in [0, 0.1) is 11.8 Å². The maximum Gasteiger partial charge on any atom is 0.310 e. The number of nitrogens with two attached hydrogens (primary N) is 1. The average molecular weight is 199 g/mol. The first-order chi connectivity index (χ1) is 6.77. The van der Waals surface area contributed by atoms with Gasteiger partial charge in [-0.05, 0) is 19.3 Å². The van der Waals surface area contributed by atoms with Gasteiger partial charge in [-0.2, -0.15) is 0 Å². The molecule has 1 unspecified atom stereocenters. The van der Waals surface area contributed by atoms with Crippen LogP contribution >= 0.6 is 0 Å².